The molecule has 1 aliphatic heterocycles. The van der Waals surface area contributed by atoms with Gasteiger partial charge in [0.1, 0.15) is 16.4 Å². The minimum atomic E-state index is -3.71. The Morgan fingerprint density at radius 3 is 2.41 bits per heavy atom. The normalized spacial score (nSPS) is 15.9. The molecule has 0 N–H and O–H groups in total. The van der Waals surface area contributed by atoms with E-state index in [1.165, 1.54) is 21.7 Å². The molecule has 0 amide bonds. The highest BCUT2D eigenvalue weighted by atomic mass is 32.2. The molecular formula is C20H23FN4O2S2. The lowest BCUT2D eigenvalue weighted by molar-refractivity contribution is 0.383. The number of aromatic nitrogens is 2. The molecule has 6 nitrogen and oxygen atoms in total. The van der Waals surface area contributed by atoms with Crippen LogP contribution in [0.4, 0.5) is 10.1 Å². The van der Waals surface area contributed by atoms with Gasteiger partial charge in [-0.25, -0.2) is 12.8 Å². The summed E-state index contributed by atoms with van der Waals surface area (Å²) < 4.78 is 44.1. The van der Waals surface area contributed by atoms with E-state index < -0.39 is 10.0 Å². The number of sulfonamides is 1. The van der Waals surface area contributed by atoms with Crippen LogP contribution in [-0.2, 0) is 10.0 Å². The fourth-order valence-electron chi connectivity index (χ4n) is 3.43. The standard InChI is InChI=1S/C20H23FN4O2S2/c1-15(2)25-14-19(20(22-25)18-8-5-13-28-18)29(26,27)24-11-9-23(10-12-24)17-7-4-3-6-16(17)21/h3-8,13-15H,9-12H2,1-2H3. The van der Waals surface area contributed by atoms with Crippen molar-refractivity contribution in [3.63, 3.8) is 0 Å². The minimum Gasteiger partial charge on any atom is -0.367 e. The number of rotatable bonds is 5. The molecule has 0 aliphatic carbocycles. The summed E-state index contributed by atoms with van der Waals surface area (Å²) in [6, 6.07) is 10.4. The molecule has 154 valence electrons. The summed E-state index contributed by atoms with van der Waals surface area (Å²) >= 11 is 1.47. The number of hydrogen-bond donors (Lipinski definition) is 0. The zero-order valence-corrected chi connectivity index (χ0v) is 18.0. The summed E-state index contributed by atoms with van der Waals surface area (Å²) in [5.41, 5.74) is 1.00. The zero-order valence-electron chi connectivity index (χ0n) is 16.3. The van der Waals surface area contributed by atoms with E-state index >= 15 is 0 Å². The van der Waals surface area contributed by atoms with Gasteiger partial charge in [0, 0.05) is 38.4 Å². The molecule has 3 aromatic rings. The van der Waals surface area contributed by atoms with Crippen LogP contribution in [0.3, 0.4) is 0 Å². The van der Waals surface area contributed by atoms with Gasteiger partial charge in [-0.15, -0.1) is 11.3 Å². The third kappa shape index (κ3) is 3.82. The highest BCUT2D eigenvalue weighted by molar-refractivity contribution is 7.89. The Morgan fingerprint density at radius 2 is 1.79 bits per heavy atom. The van der Waals surface area contributed by atoms with Crippen molar-refractivity contribution < 1.29 is 12.8 Å². The molecule has 4 rings (SSSR count). The van der Waals surface area contributed by atoms with Crippen LogP contribution in [0.5, 0.6) is 0 Å². The fraction of sp³-hybridized carbons (Fsp3) is 0.350. The van der Waals surface area contributed by atoms with Crippen LogP contribution in [0.1, 0.15) is 19.9 Å². The van der Waals surface area contributed by atoms with Gasteiger partial charge in [0.25, 0.3) is 0 Å². The lowest BCUT2D eigenvalue weighted by Crippen LogP contribution is -2.48. The number of para-hydroxylation sites is 1. The van der Waals surface area contributed by atoms with Crippen molar-refractivity contribution in [2.75, 3.05) is 31.1 Å². The number of benzene rings is 1. The van der Waals surface area contributed by atoms with Crippen LogP contribution in [-0.4, -0.2) is 48.7 Å². The van der Waals surface area contributed by atoms with Crippen molar-refractivity contribution in [2.24, 2.45) is 0 Å². The number of hydrogen-bond acceptors (Lipinski definition) is 5. The highest BCUT2D eigenvalue weighted by Crippen LogP contribution is 2.33. The van der Waals surface area contributed by atoms with Crippen molar-refractivity contribution in [3.05, 3.63) is 53.8 Å². The van der Waals surface area contributed by atoms with Crippen LogP contribution in [0.2, 0.25) is 0 Å². The Kier molecular flexibility index (Phi) is 5.46. The van der Waals surface area contributed by atoms with E-state index in [1.807, 2.05) is 36.3 Å². The molecule has 9 heteroatoms. The Bertz CT molecular complexity index is 1090. The first-order chi connectivity index (χ1) is 13.9. The molecule has 1 saturated heterocycles. The van der Waals surface area contributed by atoms with E-state index in [-0.39, 0.29) is 16.8 Å². The van der Waals surface area contributed by atoms with E-state index in [0.717, 1.165) is 4.88 Å². The maximum Gasteiger partial charge on any atom is 0.246 e. The predicted molar refractivity (Wildman–Crippen MR) is 113 cm³/mol. The van der Waals surface area contributed by atoms with Crippen LogP contribution in [0, 0.1) is 5.82 Å². The molecule has 0 radical (unpaired) electrons. The Balaban J connectivity index is 1.61. The van der Waals surface area contributed by atoms with Crippen LogP contribution >= 0.6 is 11.3 Å². The van der Waals surface area contributed by atoms with Gasteiger partial charge in [-0.3, -0.25) is 4.68 Å². The second kappa shape index (κ2) is 7.89. The summed E-state index contributed by atoms with van der Waals surface area (Å²) in [6.45, 7) is 5.41. The largest absolute Gasteiger partial charge is 0.367 e. The third-order valence-electron chi connectivity index (χ3n) is 5.03. The summed E-state index contributed by atoms with van der Waals surface area (Å²) in [7, 11) is -3.71. The van der Waals surface area contributed by atoms with E-state index in [2.05, 4.69) is 5.10 Å². The molecule has 1 fully saturated rings. The molecule has 0 bridgehead atoms. The molecule has 0 unspecified atom stereocenters. The number of halogens is 1. The van der Waals surface area contributed by atoms with Gasteiger partial charge in [0.2, 0.25) is 10.0 Å². The average molecular weight is 435 g/mol. The lowest BCUT2D eigenvalue weighted by Gasteiger charge is -2.35. The monoisotopic (exact) mass is 434 g/mol. The smallest absolute Gasteiger partial charge is 0.246 e. The first-order valence-electron chi connectivity index (χ1n) is 9.50. The Hall–Kier alpha value is -2.23. The number of nitrogens with zero attached hydrogens (tertiary/aromatic N) is 4. The highest BCUT2D eigenvalue weighted by Gasteiger charge is 2.33. The maximum atomic E-state index is 14.1. The summed E-state index contributed by atoms with van der Waals surface area (Å²) in [5, 5.41) is 6.46. The SMILES string of the molecule is CC(C)n1cc(S(=O)(=O)N2CCN(c3ccccc3F)CC2)c(-c2cccs2)n1. The zero-order chi connectivity index (χ0) is 20.6. The second-order valence-electron chi connectivity index (χ2n) is 7.24. The average Bonchev–Trinajstić information content (AvgIpc) is 3.38. The summed E-state index contributed by atoms with van der Waals surface area (Å²) in [4.78, 5) is 2.94. The van der Waals surface area contributed by atoms with Crippen molar-refractivity contribution >= 4 is 27.0 Å². The number of thiophene rings is 1. The molecule has 0 saturated carbocycles. The van der Waals surface area contributed by atoms with E-state index in [9.17, 15) is 12.8 Å². The maximum absolute atomic E-state index is 14.1. The van der Waals surface area contributed by atoms with Crippen molar-refractivity contribution in [1.29, 1.82) is 0 Å². The van der Waals surface area contributed by atoms with Gasteiger partial charge in [-0.2, -0.15) is 9.40 Å². The van der Waals surface area contributed by atoms with Crippen LogP contribution in [0.25, 0.3) is 10.6 Å². The van der Waals surface area contributed by atoms with E-state index in [1.54, 1.807) is 29.1 Å². The van der Waals surface area contributed by atoms with Gasteiger partial charge in [-0.1, -0.05) is 18.2 Å². The minimum absolute atomic E-state index is 0.0514. The van der Waals surface area contributed by atoms with Gasteiger partial charge < -0.3 is 4.90 Å². The fourth-order valence-corrected chi connectivity index (χ4v) is 5.78. The van der Waals surface area contributed by atoms with Crippen molar-refractivity contribution in [3.8, 4) is 10.6 Å². The van der Waals surface area contributed by atoms with Gasteiger partial charge in [-0.05, 0) is 37.4 Å². The quantitative estimate of drug-likeness (QED) is 0.612. The molecule has 3 heterocycles. The second-order valence-corrected chi connectivity index (χ2v) is 10.1. The predicted octanol–water partition coefficient (Wildman–Crippen LogP) is 3.84. The number of piperazine rings is 1. The van der Waals surface area contributed by atoms with Crippen molar-refractivity contribution in [1.82, 2.24) is 14.1 Å². The number of anilines is 1. The lowest BCUT2D eigenvalue weighted by atomic mass is 10.2. The first-order valence-corrected chi connectivity index (χ1v) is 11.8. The molecule has 2 aromatic heterocycles. The van der Waals surface area contributed by atoms with Gasteiger partial charge in [0.05, 0.1) is 10.6 Å². The topological polar surface area (TPSA) is 58.4 Å². The summed E-state index contributed by atoms with van der Waals surface area (Å²) in [5.74, 6) is -0.290. The Morgan fingerprint density at radius 1 is 1.07 bits per heavy atom. The molecular weight excluding hydrogens is 411 g/mol. The molecule has 1 aliphatic rings. The molecule has 1 aromatic carbocycles. The first kappa shape index (κ1) is 20.1. The van der Waals surface area contributed by atoms with Gasteiger partial charge >= 0.3 is 0 Å². The third-order valence-corrected chi connectivity index (χ3v) is 7.81. The van der Waals surface area contributed by atoms with Crippen molar-refractivity contribution in [2.45, 2.75) is 24.8 Å². The van der Waals surface area contributed by atoms with Gasteiger partial charge in [0.15, 0.2) is 0 Å². The van der Waals surface area contributed by atoms with Crippen LogP contribution < -0.4 is 4.90 Å². The summed E-state index contributed by atoms with van der Waals surface area (Å²) in [6.07, 6.45) is 1.62. The Labute approximate surface area is 174 Å². The van der Waals surface area contributed by atoms with E-state index in [4.69, 9.17) is 0 Å². The molecule has 0 atom stereocenters. The van der Waals surface area contributed by atoms with Crippen LogP contribution in [0.15, 0.2) is 52.9 Å². The molecule has 0 spiro atoms. The molecule has 29 heavy (non-hydrogen) atoms. The van der Waals surface area contributed by atoms with E-state index in [0.29, 0.717) is 37.6 Å².